The average molecular weight is 382 g/mol. The second-order valence-corrected chi connectivity index (χ2v) is 6.33. The molecular weight excluding hydrogens is 361 g/mol. The van der Waals surface area contributed by atoms with Crippen molar-refractivity contribution in [2.24, 2.45) is 0 Å². The van der Waals surface area contributed by atoms with E-state index in [1.54, 1.807) is 29.0 Å². The van der Waals surface area contributed by atoms with Gasteiger partial charge in [-0.25, -0.2) is 0 Å². The van der Waals surface area contributed by atoms with E-state index >= 15 is 0 Å². The van der Waals surface area contributed by atoms with Gasteiger partial charge in [-0.3, -0.25) is 9.48 Å². The van der Waals surface area contributed by atoms with Gasteiger partial charge in [0, 0.05) is 23.2 Å². The number of nitrogens with zero attached hydrogens (tertiary/aromatic N) is 2. The third-order valence-electron chi connectivity index (χ3n) is 3.65. The van der Waals surface area contributed by atoms with Gasteiger partial charge in [0.2, 0.25) is 5.91 Å². The number of aryl methyl sites for hydroxylation is 2. The number of halogens is 2. The molecule has 1 heterocycles. The molecule has 134 valence electrons. The lowest BCUT2D eigenvalue weighted by Gasteiger charge is -2.08. The minimum absolute atomic E-state index is 0.308. The number of hydrogen-bond donors (Lipinski definition) is 1. The molecule has 0 atom stereocenters. The number of hydrogen-bond acceptors (Lipinski definition) is 3. The average Bonchev–Trinajstić information content (AvgIpc) is 2.85. The van der Waals surface area contributed by atoms with Gasteiger partial charge in [-0.15, -0.1) is 0 Å². The van der Waals surface area contributed by atoms with Crippen LogP contribution in [0.25, 0.3) is 6.08 Å². The first-order valence-corrected chi connectivity index (χ1v) is 8.77. The highest BCUT2D eigenvalue weighted by Crippen LogP contribution is 2.28. The van der Waals surface area contributed by atoms with Gasteiger partial charge in [0.25, 0.3) is 0 Å². The van der Waals surface area contributed by atoms with E-state index < -0.39 is 0 Å². The first-order chi connectivity index (χ1) is 12.0. The summed E-state index contributed by atoms with van der Waals surface area (Å²) in [7, 11) is 1.53. The van der Waals surface area contributed by atoms with Crippen molar-refractivity contribution in [2.75, 3.05) is 12.4 Å². The van der Waals surface area contributed by atoms with Gasteiger partial charge < -0.3 is 10.1 Å². The largest absolute Gasteiger partial charge is 0.495 e. The fourth-order valence-corrected chi connectivity index (χ4v) is 2.82. The summed E-state index contributed by atoms with van der Waals surface area (Å²) in [4.78, 5) is 12.2. The number of anilines is 1. The van der Waals surface area contributed by atoms with Crippen molar-refractivity contribution in [1.82, 2.24) is 9.78 Å². The summed E-state index contributed by atoms with van der Waals surface area (Å²) in [5.41, 5.74) is 2.03. The van der Waals surface area contributed by atoms with Crippen LogP contribution in [0.4, 0.5) is 5.69 Å². The number of amides is 1. The summed E-state index contributed by atoms with van der Waals surface area (Å²) in [6, 6.07) is 5.02. The van der Waals surface area contributed by atoms with Crippen LogP contribution in [0.5, 0.6) is 5.75 Å². The van der Waals surface area contributed by atoms with Gasteiger partial charge in [0.05, 0.1) is 18.5 Å². The van der Waals surface area contributed by atoms with Gasteiger partial charge in [-0.2, -0.15) is 5.10 Å². The van der Waals surface area contributed by atoms with E-state index in [2.05, 4.69) is 17.3 Å². The van der Waals surface area contributed by atoms with Crippen molar-refractivity contribution in [1.29, 1.82) is 0 Å². The van der Waals surface area contributed by atoms with Gasteiger partial charge in [0.1, 0.15) is 10.9 Å². The van der Waals surface area contributed by atoms with Gasteiger partial charge in [-0.1, -0.05) is 36.5 Å². The normalized spacial score (nSPS) is 11.1. The van der Waals surface area contributed by atoms with E-state index in [4.69, 9.17) is 27.9 Å². The zero-order chi connectivity index (χ0) is 18.4. The van der Waals surface area contributed by atoms with E-state index in [9.17, 15) is 4.79 Å². The van der Waals surface area contributed by atoms with Crippen molar-refractivity contribution in [3.63, 3.8) is 0 Å². The Kier molecular flexibility index (Phi) is 6.91. The molecule has 0 bridgehead atoms. The minimum atomic E-state index is -0.308. The topological polar surface area (TPSA) is 56.2 Å². The second kappa shape index (κ2) is 8.92. The molecule has 0 aliphatic heterocycles. The van der Waals surface area contributed by atoms with Crippen molar-refractivity contribution >= 4 is 40.9 Å². The van der Waals surface area contributed by atoms with Gasteiger partial charge >= 0.3 is 0 Å². The zero-order valence-corrected chi connectivity index (χ0v) is 16.0. The van der Waals surface area contributed by atoms with Crippen molar-refractivity contribution < 1.29 is 9.53 Å². The maximum absolute atomic E-state index is 12.2. The predicted octanol–water partition coefficient (Wildman–Crippen LogP) is 4.96. The number of carbonyl (C=O) groups excluding carboxylic acids is 1. The SMILES string of the molecule is CCCCn1nc(C)c(/C=C/C(=O)Nc2cc(Cl)ccc2OC)c1Cl. The standard InChI is InChI=1S/C18H21Cl2N3O2/c1-4-5-10-23-18(20)14(12(2)22-23)7-9-17(24)21-15-11-13(19)6-8-16(15)25-3/h6-9,11H,4-5,10H2,1-3H3,(H,21,24)/b9-7+. The molecule has 5 nitrogen and oxygen atoms in total. The quantitative estimate of drug-likeness (QED) is 0.689. The maximum atomic E-state index is 12.2. The Balaban J connectivity index is 2.13. The molecule has 0 unspecified atom stereocenters. The molecule has 0 spiro atoms. The molecule has 0 aliphatic rings. The molecule has 1 amide bonds. The fourth-order valence-electron chi connectivity index (χ4n) is 2.32. The summed E-state index contributed by atoms with van der Waals surface area (Å²) in [5, 5.41) is 8.21. The van der Waals surface area contributed by atoms with E-state index in [-0.39, 0.29) is 5.91 Å². The second-order valence-electron chi connectivity index (χ2n) is 5.53. The lowest BCUT2D eigenvalue weighted by molar-refractivity contribution is -0.111. The summed E-state index contributed by atoms with van der Waals surface area (Å²) in [5.74, 6) is 0.227. The Bertz CT molecular complexity index is 785. The van der Waals surface area contributed by atoms with Crippen LogP contribution in [0, 0.1) is 6.92 Å². The maximum Gasteiger partial charge on any atom is 0.248 e. The highest BCUT2D eigenvalue weighted by atomic mass is 35.5. The molecule has 1 aromatic heterocycles. The highest BCUT2D eigenvalue weighted by Gasteiger charge is 2.11. The van der Waals surface area contributed by atoms with Gasteiger partial charge in [0.15, 0.2) is 0 Å². The molecule has 1 N–H and O–H groups in total. The van der Waals surface area contributed by atoms with Crippen LogP contribution >= 0.6 is 23.2 Å². The summed E-state index contributed by atoms with van der Waals surface area (Å²) < 4.78 is 6.97. The molecule has 7 heteroatoms. The number of nitrogens with one attached hydrogen (secondary N) is 1. The van der Waals surface area contributed by atoms with Crippen LogP contribution in [0.3, 0.4) is 0 Å². The van der Waals surface area contributed by atoms with Crippen molar-refractivity contribution in [2.45, 2.75) is 33.2 Å². The van der Waals surface area contributed by atoms with Crippen LogP contribution in [0.2, 0.25) is 10.2 Å². The van der Waals surface area contributed by atoms with Crippen LogP contribution < -0.4 is 10.1 Å². The molecule has 0 saturated heterocycles. The molecule has 2 aromatic rings. The Morgan fingerprint density at radius 3 is 2.84 bits per heavy atom. The summed E-state index contributed by atoms with van der Waals surface area (Å²) in [6.45, 7) is 4.74. The molecule has 1 aromatic carbocycles. The third kappa shape index (κ3) is 5.00. The lowest BCUT2D eigenvalue weighted by Crippen LogP contribution is -2.08. The Labute approximate surface area is 157 Å². The van der Waals surface area contributed by atoms with Crippen molar-refractivity contribution in [3.05, 3.63) is 45.7 Å². The summed E-state index contributed by atoms with van der Waals surface area (Å²) >= 11 is 12.3. The number of rotatable bonds is 7. The smallest absolute Gasteiger partial charge is 0.248 e. The zero-order valence-electron chi connectivity index (χ0n) is 14.5. The molecule has 25 heavy (non-hydrogen) atoms. The Morgan fingerprint density at radius 1 is 1.40 bits per heavy atom. The number of aromatic nitrogens is 2. The summed E-state index contributed by atoms with van der Waals surface area (Å²) in [6.07, 6.45) is 5.14. The third-order valence-corrected chi connectivity index (χ3v) is 4.29. The van der Waals surface area contributed by atoms with Crippen LogP contribution in [0.1, 0.15) is 31.0 Å². The molecular formula is C18H21Cl2N3O2. The highest BCUT2D eigenvalue weighted by molar-refractivity contribution is 6.31. The lowest BCUT2D eigenvalue weighted by atomic mass is 10.2. The molecule has 0 aliphatic carbocycles. The monoisotopic (exact) mass is 381 g/mol. The Hall–Kier alpha value is -1.98. The van der Waals surface area contributed by atoms with Crippen LogP contribution in [-0.2, 0) is 11.3 Å². The van der Waals surface area contributed by atoms with Crippen molar-refractivity contribution in [3.8, 4) is 5.75 Å². The van der Waals surface area contributed by atoms with E-state index in [1.807, 2.05) is 6.92 Å². The van der Waals surface area contributed by atoms with Crippen LogP contribution in [-0.4, -0.2) is 22.8 Å². The number of ether oxygens (including phenoxy) is 1. The van der Waals surface area contributed by atoms with E-state index in [1.165, 1.54) is 13.2 Å². The van der Waals surface area contributed by atoms with Gasteiger partial charge in [-0.05, 0) is 37.6 Å². The molecule has 0 radical (unpaired) electrons. The number of benzene rings is 1. The number of methoxy groups -OCH3 is 1. The number of unbranched alkanes of at least 4 members (excludes halogenated alkanes) is 1. The van der Waals surface area contributed by atoms with Crippen LogP contribution in [0.15, 0.2) is 24.3 Å². The molecule has 2 rings (SSSR count). The minimum Gasteiger partial charge on any atom is -0.495 e. The fraction of sp³-hybridized carbons (Fsp3) is 0.333. The van der Waals surface area contributed by atoms with E-state index in [0.29, 0.717) is 21.6 Å². The predicted molar refractivity (Wildman–Crippen MR) is 103 cm³/mol. The first-order valence-electron chi connectivity index (χ1n) is 8.01. The molecule has 0 saturated carbocycles. The number of carbonyl (C=O) groups is 1. The first kappa shape index (κ1) is 19.3. The molecule has 0 fully saturated rings. The van der Waals surface area contributed by atoms with E-state index in [0.717, 1.165) is 30.6 Å². The Morgan fingerprint density at radius 2 is 2.16 bits per heavy atom.